The molecule has 0 aromatic heterocycles. The summed E-state index contributed by atoms with van der Waals surface area (Å²) in [5.41, 5.74) is 0.979. The maximum atomic E-state index is 9.97. The molecular formula is C18H29ClN2O3. The van der Waals surface area contributed by atoms with Crippen molar-refractivity contribution in [3.8, 4) is 11.5 Å². The molecule has 1 aromatic rings. The van der Waals surface area contributed by atoms with Crippen LogP contribution in [0.4, 0.5) is 0 Å². The molecule has 1 heterocycles. The molecule has 0 unspecified atom stereocenters. The smallest absolute Gasteiger partial charge is 0.141 e. The summed E-state index contributed by atoms with van der Waals surface area (Å²) < 4.78 is 10.8. The number of piperidine rings is 1. The highest BCUT2D eigenvalue weighted by Gasteiger charge is 2.35. The Kier molecular flexibility index (Phi) is 6.75. The highest BCUT2D eigenvalue weighted by Crippen LogP contribution is 2.35. The van der Waals surface area contributed by atoms with Crippen molar-refractivity contribution in [3.05, 3.63) is 22.7 Å². The summed E-state index contributed by atoms with van der Waals surface area (Å²) in [4.78, 5) is 4.54. The summed E-state index contributed by atoms with van der Waals surface area (Å²) in [7, 11) is 7.37. The van der Waals surface area contributed by atoms with Gasteiger partial charge in [0.05, 0.1) is 25.8 Å². The number of ether oxygens (including phenoxy) is 2. The topological polar surface area (TPSA) is 45.2 Å². The second-order valence-electron chi connectivity index (χ2n) is 7.01. The third kappa shape index (κ3) is 4.54. The van der Waals surface area contributed by atoms with Crippen molar-refractivity contribution in [1.29, 1.82) is 0 Å². The number of rotatable bonds is 7. The molecule has 1 saturated heterocycles. The maximum absolute atomic E-state index is 9.97. The van der Waals surface area contributed by atoms with Gasteiger partial charge in [0.25, 0.3) is 0 Å². The predicted octanol–water partition coefficient (Wildman–Crippen LogP) is 2.49. The van der Waals surface area contributed by atoms with Gasteiger partial charge in [0.1, 0.15) is 11.5 Å². The lowest BCUT2D eigenvalue weighted by atomic mass is 9.80. The third-order valence-electron chi connectivity index (χ3n) is 4.68. The summed E-state index contributed by atoms with van der Waals surface area (Å²) in [6, 6.07) is 3.75. The molecule has 0 saturated carbocycles. The van der Waals surface area contributed by atoms with Gasteiger partial charge in [-0.1, -0.05) is 11.6 Å². The Morgan fingerprint density at radius 1 is 1.25 bits per heavy atom. The third-order valence-corrected chi connectivity index (χ3v) is 4.97. The van der Waals surface area contributed by atoms with Gasteiger partial charge in [-0.3, -0.25) is 4.90 Å². The molecule has 1 aromatic carbocycles. The van der Waals surface area contributed by atoms with Crippen LogP contribution in [0.2, 0.25) is 5.02 Å². The summed E-state index contributed by atoms with van der Waals surface area (Å²) in [5, 5.41) is 10.6. The first-order valence-corrected chi connectivity index (χ1v) is 8.69. The minimum absolute atomic E-state index is 0.0642. The molecule has 0 aliphatic carbocycles. The quantitative estimate of drug-likeness (QED) is 0.813. The van der Waals surface area contributed by atoms with E-state index in [2.05, 4.69) is 23.9 Å². The molecule has 1 atom stereocenters. The molecule has 136 valence electrons. The molecule has 0 spiro atoms. The number of halogens is 1. The van der Waals surface area contributed by atoms with E-state index < -0.39 is 0 Å². The molecule has 1 aliphatic rings. The molecule has 1 fully saturated rings. The summed E-state index contributed by atoms with van der Waals surface area (Å²) >= 11 is 6.28. The molecule has 0 radical (unpaired) electrons. The van der Waals surface area contributed by atoms with Crippen molar-refractivity contribution in [3.63, 3.8) is 0 Å². The lowest BCUT2D eigenvalue weighted by Gasteiger charge is -2.43. The van der Waals surface area contributed by atoms with Gasteiger partial charge in [0, 0.05) is 36.7 Å². The average molecular weight is 357 g/mol. The van der Waals surface area contributed by atoms with Gasteiger partial charge in [-0.05, 0) is 39.5 Å². The number of hydrogen-bond acceptors (Lipinski definition) is 5. The fourth-order valence-electron chi connectivity index (χ4n) is 3.71. The zero-order valence-electron chi connectivity index (χ0n) is 15.1. The van der Waals surface area contributed by atoms with E-state index in [1.165, 1.54) is 0 Å². The van der Waals surface area contributed by atoms with E-state index in [-0.39, 0.29) is 12.0 Å². The van der Waals surface area contributed by atoms with Crippen LogP contribution in [0.5, 0.6) is 11.5 Å². The standard InChI is InChI=1S/C18H29ClN2O3/c1-20(2)11-18(13-22)6-5-7-21(12-18)10-14-8-15(19)17(24-4)9-16(14)23-3/h8-9,22H,5-7,10-13H2,1-4H3/t18-/m1/s1. The highest BCUT2D eigenvalue weighted by atomic mass is 35.5. The van der Waals surface area contributed by atoms with Gasteiger partial charge in [-0.15, -0.1) is 0 Å². The predicted molar refractivity (Wildman–Crippen MR) is 97.1 cm³/mol. The van der Waals surface area contributed by atoms with E-state index in [9.17, 15) is 5.11 Å². The summed E-state index contributed by atoms with van der Waals surface area (Å²) in [6.07, 6.45) is 2.14. The average Bonchev–Trinajstić information content (AvgIpc) is 2.55. The number of methoxy groups -OCH3 is 2. The summed E-state index contributed by atoms with van der Waals surface area (Å²) in [6.45, 7) is 3.74. The van der Waals surface area contributed by atoms with E-state index in [0.717, 1.165) is 50.3 Å². The van der Waals surface area contributed by atoms with E-state index >= 15 is 0 Å². The molecule has 0 bridgehead atoms. The molecule has 1 N–H and O–H groups in total. The van der Waals surface area contributed by atoms with Crippen LogP contribution < -0.4 is 9.47 Å². The molecule has 5 nitrogen and oxygen atoms in total. The number of nitrogens with zero attached hydrogens (tertiary/aromatic N) is 2. The monoisotopic (exact) mass is 356 g/mol. The van der Waals surface area contributed by atoms with Gasteiger partial charge in [-0.25, -0.2) is 0 Å². The van der Waals surface area contributed by atoms with E-state index in [0.29, 0.717) is 10.8 Å². The van der Waals surface area contributed by atoms with Crippen molar-refractivity contribution >= 4 is 11.6 Å². The lowest BCUT2D eigenvalue weighted by Crippen LogP contribution is -2.49. The first-order valence-electron chi connectivity index (χ1n) is 8.31. The fraction of sp³-hybridized carbons (Fsp3) is 0.667. The molecule has 6 heteroatoms. The van der Waals surface area contributed by atoms with Gasteiger partial charge < -0.3 is 19.5 Å². The Bertz CT molecular complexity index is 553. The van der Waals surface area contributed by atoms with Crippen LogP contribution in [-0.4, -0.2) is 69.5 Å². The first kappa shape index (κ1) is 19.3. The zero-order chi connectivity index (χ0) is 17.7. The van der Waals surface area contributed by atoms with Gasteiger partial charge in [0.2, 0.25) is 0 Å². The second kappa shape index (κ2) is 8.39. The normalized spacial score (nSPS) is 22.0. The second-order valence-corrected chi connectivity index (χ2v) is 7.42. The first-order chi connectivity index (χ1) is 11.4. The molecule has 24 heavy (non-hydrogen) atoms. The van der Waals surface area contributed by atoms with Crippen LogP contribution in [0.3, 0.4) is 0 Å². The van der Waals surface area contributed by atoms with E-state index in [1.807, 2.05) is 12.1 Å². The van der Waals surface area contributed by atoms with Gasteiger partial charge in [-0.2, -0.15) is 0 Å². The number of likely N-dealkylation sites (tertiary alicyclic amines) is 1. The molecule has 1 aliphatic heterocycles. The van der Waals surface area contributed by atoms with Crippen molar-refractivity contribution in [1.82, 2.24) is 9.80 Å². The number of aliphatic hydroxyl groups is 1. The molecular weight excluding hydrogens is 328 g/mol. The SMILES string of the molecule is COc1cc(OC)c(CN2CCC[C@@](CO)(CN(C)C)C2)cc1Cl. The minimum atomic E-state index is -0.0642. The molecule has 2 rings (SSSR count). The number of benzene rings is 1. The van der Waals surface area contributed by atoms with Crippen LogP contribution in [-0.2, 0) is 6.54 Å². The van der Waals surface area contributed by atoms with Gasteiger partial charge in [0.15, 0.2) is 0 Å². The fourth-order valence-corrected chi connectivity index (χ4v) is 3.97. The number of hydrogen-bond donors (Lipinski definition) is 1. The Labute approximate surface area is 150 Å². The maximum Gasteiger partial charge on any atom is 0.141 e. The Balaban J connectivity index is 2.17. The van der Waals surface area contributed by atoms with Crippen LogP contribution in [0.15, 0.2) is 12.1 Å². The summed E-state index contributed by atoms with van der Waals surface area (Å²) in [5.74, 6) is 1.40. The van der Waals surface area contributed by atoms with Gasteiger partial charge >= 0.3 is 0 Å². The minimum Gasteiger partial charge on any atom is -0.496 e. The Hall–Kier alpha value is -1.01. The zero-order valence-corrected chi connectivity index (χ0v) is 15.9. The van der Waals surface area contributed by atoms with E-state index in [4.69, 9.17) is 21.1 Å². The molecule has 0 amide bonds. The highest BCUT2D eigenvalue weighted by molar-refractivity contribution is 6.32. The van der Waals surface area contributed by atoms with Crippen LogP contribution in [0.25, 0.3) is 0 Å². The van der Waals surface area contributed by atoms with Crippen molar-refractivity contribution in [2.24, 2.45) is 5.41 Å². The van der Waals surface area contributed by atoms with Crippen LogP contribution >= 0.6 is 11.6 Å². The van der Waals surface area contributed by atoms with Crippen molar-refractivity contribution < 1.29 is 14.6 Å². The van der Waals surface area contributed by atoms with E-state index in [1.54, 1.807) is 14.2 Å². The Morgan fingerprint density at radius 3 is 2.54 bits per heavy atom. The Morgan fingerprint density at radius 2 is 1.96 bits per heavy atom. The van der Waals surface area contributed by atoms with Crippen LogP contribution in [0, 0.1) is 5.41 Å². The number of aliphatic hydroxyl groups excluding tert-OH is 1. The lowest BCUT2D eigenvalue weighted by molar-refractivity contribution is 0.0103. The van der Waals surface area contributed by atoms with Crippen molar-refractivity contribution in [2.45, 2.75) is 19.4 Å². The van der Waals surface area contributed by atoms with Crippen molar-refractivity contribution in [2.75, 3.05) is 54.6 Å². The largest absolute Gasteiger partial charge is 0.496 e. The van der Waals surface area contributed by atoms with Crippen LogP contribution in [0.1, 0.15) is 18.4 Å².